The van der Waals surface area contributed by atoms with Crippen molar-refractivity contribution in [2.45, 2.75) is 11.8 Å². The van der Waals surface area contributed by atoms with Gasteiger partial charge < -0.3 is 10.1 Å². The first-order valence-corrected chi connectivity index (χ1v) is 7.92. The van der Waals surface area contributed by atoms with Crippen molar-refractivity contribution in [3.05, 3.63) is 53.6 Å². The van der Waals surface area contributed by atoms with E-state index in [1.54, 1.807) is 42.1 Å². The standard InChI is InChI=1S/C17H17NO3S/c1-11(19)13-6-4-5-7-15(13)18-17(20)14-9-8-12(22-3)10-16(14)21-2/h4-10H,1-3H3,(H,18,20). The number of ketones is 1. The van der Waals surface area contributed by atoms with Gasteiger partial charge in [0, 0.05) is 10.5 Å². The molecule has 2 rings (SSSR count). The van der Waals surface area contributed by atoms with E-state index in [2.05, 4.69) is 5.32 Å². The van der Waals surface area contributed by atoms with Crippen LogP contribution >= 0.6 is 11.8 Å². The monoisotopic (exact) mass is 315 g/mol. The summed E-state index contributed by atoms with van der Waals surface area (Å²) in [7, 11) is 1.53. The summed E-state index contributed by atoms with van der Waals surface area (Å²) in [6, 6.07) is 12.3. The average molecular weight is 315 g/mol. The Kier molecular flexibility index (Phi) is 5.22. The van der Waals surface area contributed by atoms with Gasteiger partial charge in [0.15, 0.2) is 5.78 Å². The Labute approximate surface area is 133 Å². The molecule has 0 spiro atoms. The van der Waals surface area contributed by atoms with Gasteiger partial charge in [0.2, 0.25) is 0 Å². The summed E-state index contributed by atoms with van der Waals surface area (Å²) >= 11 is 1.57. The second kappa shape index (κ2) is 7.13. The third-order valence-electron chi connectivity index (χ3n) is 3.21. The van der Waals surface area contributed by atoms with Gasteiger partial charge in [-0.15, -0.1) is 11.8 Å². The maximum absolute atomic E-state index is 12.5. The van der Waals surface area contributed by atoms with Crippen LogP contribution in [0.2, 0.25) is 0 Å². The van der Waals surface area contributed by atoms with Gasteiger partial charge in [-0.2, -0.15) is 0 Å². The van der Waals surface area contributed by atoms with E-state index in [-0.39, 0.29) is 11.7 Å². The lowest BCUT2D eigenvalue weighted by atomic mass is 10.1. The number of carbonyl (C=O) groups excluding carboxylic acids is 2. The number of methoxy groups -OCH3 is 1. The minimum Gasteiger partial charge on any atom is -0.496 e. The number of thioether (sulfide) groups is 1. The molecule has 0 aliphatic rings. The summed E-state index contributed by atoms with van der Waals surface area (Å²) in [6.45, 7) is 1.47. The van der Waals surface area contributed by atoms with Crippen molar-refractivity contribution in [1.29, 1.82) is 0 Å². The van der Waals surface area contributed by atoms with Crippen LogP contribution in [0, 0.1) is 0 Å². The molecule has 0 aliphatic carbocycles. The zero-order chi connectivity index (χ0) is 16.1. The molecule has 0 unspecified atom stereocenters. The van der Waals surface area contributed by atoms with Crippen LogP contribution in [0.3, 0.4) is 0 Å². The smallest absolute Gasteiger partial charge is 0.259 e. The van der Waals surface area contributed by atoms with E-state index < -0.39 is 0 Å². The Morgan fingerprint density at radius 2 is 1.82 bits per heavy atom. The van der Waals surface area contributed by atoms with Crippen molar-refractivity contribution in [1.82, 2.24) is 0 Å². The lowest BCUT2D eigenvalue weighted by Gasteiger charge is -2.12. The molecule has 0 aromatic heterocycles. The molecule has 0 bridgehead atoms. The maximum atomic E-state index is 12.5. The minimum absolute atomic E-state index is 0.0967. The van der Waals surface area contributed by atoms with Crippen LogP contribution in [-0.4, -0.2) is 25.1 Å². The van der Waals surface area contributed by atoms with Crippen molar-refractivity contribution in [2.24, 2.45) is 0 Å². The summed E-state index contributed by atoms with van der Waals surface area (Å²) in [5.74, 6) is 0.100. The summed E-state index contributed by atoms with van der Waals surface area (Å²) in [6.07, 6.45) is 1.96. The third kappa shape index (κ3) is 3.49. The zero-order valence-electron chi connectivity index (χ0n) is 12.7. The summed E-state index contributed by atoms with van der Waals surface area (Å²) < 4.78 is 5.28. The number of benzene rings is 2. The van der Waals surface area contributed by atoms with E-state index in [1.807, 2.05) is 18.4 Å². The van der Waals surface area contributed by atoms with E-state index in [0.29, 0.717) is 22.6 Å². The number of nitrogens with one attached hydrogen (secondary N) is 1. The largest absolute Gasteiger partial charge is 0.496 e. The molecule has 2 aromatic carbocycles. The highest BCUT2D eigenvalue weighted by Gasteiger charge is 2.15. The lowest BCUT2D eigenvalue weighted by molar-refractivity contribution is 0.101. The Morgan fingerprint density at radius 3 is 2.45 bits per heavy atom. The summed E-state index contributed by atoms with van der Waals surface area (Å²) in [5, 5.41) is 2.77. The molecule has 0 atom stereocenters. The van der Waals surface area contributed by atoms with Crippen LogP contribution in [-0.2, 0) is 0 Å². The molecule has 114 valence electrons. The fourth-order valence-electron chi connectivity index (χ4n) is 2.07. The zero-order valence-corrected chi connectivity index (χ0v) is 13.5. The van der Waals surface area contributed by atoms with E-state index in [4.69, 9.17) is 4.74 Å². The third-order valence-corrected chi connectivity index (χ3v) is 3.93. The average Bonchev–Trinajstić information content (AvgIpc) is 2.54. The molecule has 4 nitrogen and oxygen atoms in total. The molecule has 5 heteroatoms. The lowest BCUT2D eigenvalue weighted by Crippen LogP contribution is -2.15. The van der Waals surface area contributed by atoms with Gasteiger partial charge in [-0.25, -0.2) is 0 Å². The first-order valence-electron chi connectivity index (χ1n) is 6.70. The van der Waals surface area contributed by atoms with Gasteiger partial charge in [-0.05, 0) is 43.5 Å². The Balaban J connectivity index is 2.32. The number of Topliss-reactive ketones (excluding diaryl/α,β-unsaturated/α-hetero) is 1. The topological polar surface area (TPSA) is 55.4 Å². The number of carbonyl (C=O) groups is 2. The van der Waals surface area contributed by atoms with Crippen LogP contribution in [0.4, 0.5) is 5.69 Å². The quantitative estimate of drug-likeness (QED) is 0.672. The van der Waals surface area contributed by atoms with Gasteiger partial charge in [0.1, 0.15) is 5.75 Å². The molecule has 0 fully saturated rings. The van der Waals surface area contributed by atoms with E-state index in [1.165, 1.54) is 14.0 Å². The van der Waals surface area contributed by atoms with Crippen LogP contribution in [0.5, 0.6) is 5.75 Å². The second-order valence-electron chi connectivity index (χ2n) is 4.62. The van der Waals surface area contributed by atoms with Crippen molar-refractivity contribution in [3.8, 4) is 5.75 Å². The minimum atomic E-state index is -0.307. The van der Waals surface area contributed by atoms with Crippen molar-refractivity contribution in [2.75, 3.05) is 18.7 Å². The van der Waals surface area contributed by atoms with Crippen molar-refractivity contribution < 1.29 is 14.3 Å². The highest BCUT2D eigenvalue weighted by molar-refractivity contribution is 7.98. The van der Waals surface area contributed by atoms with E-state index in [0.717, 1.165) is 4.90 Å². The van der Waals surface area contributed by atoms with Crippen molar-refractivity contribution in [3.63, 3.8) is 0 Å². The van der Waals surface area contributed by atoms with Crippen LogP contribution in [0.15, 0.2) is 47.4 Å². The molecule has 1 N–H and O–H groups in total. The number of hydrogen-bond acceptors (Lipinski definition) is 4. The molecule has 0 radical (unpaired) electrons. The Hall–Kier alpha value is -2.27. The maximum Gasteiger partial charge on any atom is 0.259 e. The predicted octanol–water partition coefficient (Wildman–Crippen LogP) is 3.87. The normalized spacial score (nSPS) is 10.1. The summed E-state index contributed by atoms with van der Waals surface area (Å²) in [4.78, 5) is 25.1. The Morgan fingerprint density at radius 1 is 1.09 bits per heavy atom. The highest BCUT2D eigenvalue weighted by atomic mass is 32.2. The van der Waals surface area contributed by atoms with Gasteiger partial charge in [-0.1, -0.05) is 12.1 Å². The van der Waals surface area contributed by atoms with Crippen LogP contribution in [0.25, 0.3) is 0 Å². The van der Waals surface area contributed by atoms with Crippen LogP contribution in [0.1, 0.15) is 27.6 Å². The second-order valence-corrected chi connectivity index (χ2v) is 5.50. The number of ether oxygens (including phenoxy) is 1. The number of para-hydroxylation sites is 1. The first kappa shape index (κ1) is 16.1. The molecule has 2 aromatic rings. The fourth-order valence-corrected chi connectivity index (χ4v) is 2.50. The first-order chi connectivity index (χ1) is 10.6. The van der Waals surface area contributed by atoms with Crippen molar-refractivity contribution >= 4 is 29.1 Å². The molecule has 1 amide bonds. The molecule has 0 saturated heterocycles. The Bertz CT molecular complexity index is 713. The van der Waals surface area contributed by atoms with E-state index in [9.17, 15) is 9.59 Å². The molecule has 22 heavy (non-hydrogen) atoms. The molecular formula is C17H17NO3S. The molecule has 0 aliphatic heterocycles. The van der Waals surface area contributed by atoms with Gasteiger partial charge in [0.05, 0.1) is 18.4 Å². The fraction of sp³-hybridized carbons (Fsp3) is 0.176. The molecular weight excluding hydrogens is 298 g/mol. The van der Waals surface area contributed by atoms with Crippen LogP contribution < -0.4 is 10.1 Å². The van der Waals surface area contributed by atoms with Gasteiger partial charge >= 0.3 is 0 Å². The van der Waals surface area contributed by atoms with Gasteiger partial charge in [-0.3, -0.25) is 9.59 Å². The number of hydrogen-bond donors (Lipinski definition) is 1. The summed E-state index contributed by atoms with van der Waals surface area (Å²) in [5.41, 5.74) is 1.41. The highest BCUT2D eigenvalue weighted by Crippen LogP contribution is 2.26. The molecule has 0 heterocycles. The molecule has 0 saturated carbocycles. The van der Waals surface area contributed by atoms with Gasteiger partial charge in [0.25, 0.3) is 5.91 Å². The SMILES string of the molecule is COc1cc(SC)ccc1C(=O)Nc1ccccc1C(C)=O. The van der Waals surface area contributed by atoms with E-state index >= 15 is 0 Å². The predicted molar refractivity (Wildman–Crippen MR) is 89.2 cm³/mol. The number of anilines is 1. The number of rotatable bonds is 5. The number of amides is 1.